The Kier molecular flexibility index (Phi) is 11.7. The highest BCUT2D eigenvalue weighted by atomic mass is 16.5. The first kappa shape index (κ1) is 49.3. The van der Waals surface area contributed by atoms with Crippen molar-refractivity contribution in [1.29, 1.82) is 0 Å². The lowest BCUT2D eigenvalue weighted by Crippen LogP contribution is -2.41. The Hall–Kier alpha value is -11.0. The van der Waals surface area contributed by atoms with Crippen LogP contribution in [-0.4, -0.2) is 23.6 Å². The highest BCUT2D eigenvalue weighted by molar-refractivity contribution is 6.48. The molecule has 0 bridgehead atoms. The van der Waals surface area contributed by atoms with E-state index in [9.17, 15) is 0 Å². The van der Waals surface area contributed by atoms with E-state index in [1.54, 1.807) is 24.3 Å². The summed E-state index contributed by atoms with van der Waals surface area (Å²) in [5.74, 6) is 6.92. The molecule has 10 nitrogen and oxygen atoms in total. The van der Waals surface area contributed by atoms with Crippen molar-refractivity contribution in [3.8, 4) is 57.8 Å². The molecule has 0 fully saturated rings. The number of hydrogen-bond donors (Lipinski definition) is 0. The molecule has 0 aliphatic carbocycles. The number of hydrogen-bond acceptors (Lipinski definition) is 8. The molecule has 0 spiro atoms. The predicted octanol–water partition coefficient (Wildman–Crippen LogP) is 17.1. The summed E-state index contributed by atoms with van der Waals surface area (Å²) >= 11 is 0. The molecule has 392 valence electrons. The third-order valence-corrected chi connectivity index (χ3v) is 15.3. The minimum Gasteiger partial charge on any atom is -0.457 e. The lowest BCUT2D eigenvalue weighted by Gasteiger charge is -2.33. The first-order valence-corrected chi connectivity index (χ1v) is 26.8. The summed E-state index contributed by atoms with van der Waals surface area (Å²) < 4.78 is 28.3. The van der Waals surface area contributed by atoms with Crippen molar-refractivity contribution >= 4 is 78.1 Å². The number of ether oxygens (including phenoxy) is 4. The van der Waals surface area contributed by atoms with Crippen LogP contribution >= 0.6 is 0 Å². The molecule has 82 heavy (non-hydrogen) atoms. The van der Waals surface area contributed by atoms with Gasteiger partial charge in [0.15, 0.2) is 0 Å². The largest absolute Gasteiger partial charge is 0.457 e. The molecular formula is C72H46N2O8. The van der Waals surface area contributed by atoms with E-state index in [-0.39, 0.29) is 45.3 Å². The normalized spacial score (nSPS) is 12.8. The quantitative estimate of drug-likeness (QED) is 0.0576. The fraction of sp³-hybridized carbons (Fsp3) is 0.0556. The number of amides is 4. The third kappa shape index (κ3) is 7.97. The Morgan fingerprint density at radius 3 is 0.878 bits per heavy atom. The van der Waals surface area contributed by atoms with Crippen LogP contribution in [0.4, 0.5) is 11.4 Å². The van der Waals surface area contributed by atoms with Gasteiger partial charge in [0.05, 0.1) is 33.6 Å². The molecule has 12 aromatic carbocycles. The van der Waals surface area contributed by atoms with Crippen LogP contribution in [-0.2, 0) is 0 Å². The topological polar surface area (TPSA) is 112 Å². The number of aryl methyl sites for hydroxylation is 4. The van der Waals surface area contributed by atoms with Crippen LogP contribution in [0.25, 0.3) is 43.1 Å². The molecular weight excluding hydrogens is 1020 g/mol. The lowest BCUT2D eigenvalue weighted by molar-refractivity contribution is 0.0877. The van der Waals surface area contributed by atoms with Crippen molar-refractivity contribution < 1.29 is 38.1 Å². The molecule has 0 unspecified atom stereocenters. The van der Waals surface area contributed by atoms with Crippen molar-refractivity contribution in [2.75, 3.05) is 9.80 Å². The van der Waals surface area contributed by atoms with Gasteiger partial charge in [-0.05, 0) is 147 Å². The Labute approximate surface area is 471 Å². The number of imide groups is 2. The van der Waals surface area contributed by atoms with Crippen molar-refractivity contribution in [2.24, 2.45) is 0 Å². The number of benzene rings is 12. The molecule has 2 aliphatic rings. The van der Waals surface area contributed by atoms with Crippen LogP contribution in [0.5, 0.6) is 46.0 Å². The monoisotopic (exact) mass is 1070 g/mol. The minimum absolute atomic E-state index is 0.179. The maximum atomic E-state index is 15.9. The molecule has 0 aromatic heterocycles. The van der Waals surface area contributed by atoms with Gasteiger partial charge in [-0.1, -0.05) is 121 Å². The first-order chi connectivity index (χ1) is 40.0. The summed E-state index contributed by atoms with van der Waals surface area (Å²) in [7, 11) is 0. The van der Waals surface area contributed by atoms with Crippen molar-refractivity contribution in [1.82, 2.24) is 0 Å². The number of carbonyl (C=O) groups is 4. The second kappa shape index (κ2) is 19.4. The average Bonchev–Trinajstić information content (AvgIpc) is 1.18. The zero-order valence-electron chi connectivity index (χ0n) is 44.8. The van der Waals surface area contributed by atoms with Gasteiger partial charge in [-0.2, -0.15) is 0 Å². The van der Waals surface area contributed by atoms with Gasteiger partial charge in [0.2, 0.25) is 0 Å². The SMILES string of the molecule is Cc1cccc(C)c1N1C(=O)c2cc(Oc3ccccc3)c3c4c(Oc5ccccc5)cc5c6c(cc(Oc7ccccc7)c(c7c(Oc8ccccc8)cc(c2c37)C1=O)c64)C(=O)N(c1c(C)cc(C#Cc2ccccc2)cc1C)C5=O. The van der Waals surface area contributed by atoms with Crippen molar-refractivity contribution in [3.05, 3.63) is 262 Å². The number of rotatable bonds is 10. The van der Waals surface area contributed by atoms with Gasteiger partial charge in [0.1, 0.15) is 46.0 Å². The molecule has 0 N–H and O–H groups in total. The van der Waals surface area contributed by atoms with Crippen LogP contribution in [0.2, 0.25) is 0 Å². The number of anilines is 2. The van der Waals surface area contributed by atoms with Gasteiger partial charge in [-0.3, -0.25) is 19.2 Å². The third-order valence-electron chi connectivity index (χ3n) is 15.3. The van der Waals surface area contributed by atoms with Crippen LogP contribution in [0, 0.1) is 39.5 Å². The summed E-state index contributed by atoms with van der Waals surface area (Å²) in [6, 6.07) is 62.7. The van der Waals surface area contributed by atoms with Crippen molar-refractivity contribution in [3.63, 3.8) is 0 Å². The average molecular weight is 1070 g/mol. The van der Waals surface area contributed by atoms with Crippen LogP contribution in [0.15, 0.2) is 206 Å². The van der Waals surface area contributed by atoms with E-state index >= 15 is 19.2 Å². The fourth-order valence-electron chi connectivity index (χ4n) is 11.9. The summed E-state index contributed by atoms with van der Waals surface area (Å²) in [5.41, 5.74) is 5.99. The van der Waals surface area contributed by atoms with Gasteiger partial charge < -0.3 is 18.9 Å². The maximum Gasteiger partial charge on any atom is 0.266 e. The molecule has 0 radical (unpaired) electrons. The number of nitrogens with zero attached hydrogens (tertiary/aromatic N) is 2. The Bertz CT molecular complexity index is 4490. The minimum atomic E-state index is -0.584. The van der Waals surface area contributed by atoms with E-state index < -0.39 is 23.6 Å². The molecule has 14 rings (SSSR count). The number of para-hydroxylation sites is 5. The molecule has 0 saturated heterocycles. The first-order valence-electron chi connectivity index (χ1n) is 26.8. The van der Waals surface area contributed by atoms with E-state index in [0.717, 1.165) is 22.3 Å². The van der Waals surface area contributed by atoms with Gasteiger partial charge in [0, 0.05) is 54.2 Å². The van der Waals surface area contributed by atoms with Crippen LogP contribution < -0.4 is 28.7 Å². The predicted molar refractivity (Wildman–Crippen MR) is 320 cm³/mol. The molecule has 10 heteroatoms. The smallest absolute Gasteiger partial charge is 0.266 e. The maximum absolute atomic E-state index is 15.9. The zero-order chi connectivity index (χ0) is 55.9. The highest BCUT2D eigenvalue weighted by Gasteiger charge is 2.43. The van der Waals surface area contributed by atoms with Crippen molar-refractivity contribution in [2.45, 2.75) is 27.7 Å². The molecule has 2 aliphatic heterocycles. The summed E-state index contributed by atoms with van der Waals surface area (Å²) in [5, 5.41) is 3.22. The summed E-state index contributed by atoms with van der Waals surface area (Å²) in [4.78, 5) is 65.7. The van der Waals surface area contributed by atoms with Crippen LogP contribution in [0.1, 0.15) is 74.8 Å². The van der Waals surface area contributed by atoms with Gasteiger partial charge >= 0.3 is 0 Å². The molecule has 2 heterocycles. The second-order valence-electron chi connectivity index (χ2n) is 20.6. The second-order valence-corrected chi connectivity index (χ2v) is 20.6. The standard InChI is InChI=1S/C72H46N2O8/c1-41-21-20-22-42(2)67(41)73-69(75)51-37-55(79-47-25-12-6-13-26-47)61-63-57(81-49-29-16-8-17-30-49)39-53-60-54(72(78)74(71(53)77)68-43(3)35-46(36-44(68)4)34-33-45-23-10-5-11-24-45)40-58(82-50-31-18-9-19-32-50)64(66(60)63)62-56(80-48-27-14-7-15-28-48)38-52(70(73)76)59(51)65(61)62/h5-32,35-40H,1-4H3. The number of fused-ring (bicyclic) bond motifs is 2. The van der Waals surface area contributed by atoms with E-state index in [1.807, 2.05) is 210 Å². The molecule has 4 amide bonds. The van der Waals surface area contributed by atoms with E-state index in [1.165, 1.54) is 9.80 Å². The Morgan fingerprint density at radius 1 is 0.280 bits per heavy atom. The molecule has 0 atom stereocenters. The summed E-state index contributed by atoms with van der Waals surface area (Å²) in [6.45, 7) is 7.49. The van der Waals surface area contributed by atoms with Crippen LogP contribution in [0.3, 0.4) is 0 Å². The van der Waals surface area contributed by atoms with E-state index in [0.29, 0.717) is 88.6 Å². The fourth-order valence-corrected chi connectivity index (χ4v) is 11.9. The van der Waals surface area contributed by atoms with E-state index in [2.05, 4.69) is 11.8 Å². The van der Waals surface area contributed by atoms with E-state index in [4.69, 9.17) is 18.9 Å². The lowest BCUT2D eigenvalue weighted by atomic mass is 9.80. The Balaban J connectivity index is 1.15. The number of carbonyl (C=O) groups excluding carboxylic acids is 4. The highest BCUT2D eigenvalue weighted by Crippen LogP contribution is 2.58. The summed E-state index contributed by atoms with van der Waals surface area (Å²) in [6.07, 6.45) is 0. The van der Waals surface area contributed by atoms with Gasteiger partial charge in [-0.15, -0.1) is 0 Å². The van der Waals surface area contributed by atoms with Gasteiger partial charge in [-0.25, -0.2) is 9.80 Å². The molecule has 12 aromatic rings. The molecule has 0 saturated carbocycles. The zero-order valence-corrected chi connectivity index (χ0v) is 44.8. The Morgan fingerprint density at radius 2 is 0.561 bits per heavy atom. The van der Waals surface area contributed by atoms with Gasteiger partial charge in [0.25, 0.3) is 23.6 Å².